The molecule has 1 saturated heterocycles. The van der Waals surface area contributed by atoms with E-state index >= 15 is 0 Å². The second-order valence-electron chi connectivity index (χ2n) is 8.34. The number of allylic oxidation sites excluding steroid dienone is 2. The number of aliphatic hydroxyl groups excluding tert-OH is 1. The minimum Gasteiger partial charge on any atom is -0.497 e. The maximum Gasteiger partial charge on any atom is 0.312 e. The van der Waals surface area contributed by atoms with Crippen molar-refractivity contribution >= 4 is 5.97 Å². The molecule has 1 aromatic carbocycles. The standard InChI is InChI=1S/C21H24O4/c1-19-9-3-4-10-20(19)11-12-21(19,13-5-7-14(24-2)8-6-13)16-15(20)17(22)25-18(16)23/h5-8,11-12,15-16,18,23H,3-4,9-10H2,1-2H3/t15-,16+,18+,19+,20+,21+/m1/s1. The van der Waals surface area contributed by atoms with E-state index in [-0.39, 0.29) is 34.1 Å². The molecule has 1 aromatic rings. The third-order valence-corrected chi connectivity index (χ3v) is 7.91. The summed E-state index contributed by atoms with van der Waals surface area (Å²) in [6, 6.07) is 8.14. The first-order valence-electron chi connectivity index (χ1n) is 9.24. The predicted molar refractivity (Wildman–Crippen MR) is 91.9 cm³/mol. The van der Waals surface area contributed by atoms with Crippen LogP contribution in [0.25, 0.3) is 0 Å². The molecule has 4 heteroatoms. The molecule has 1 aliphatic heterocycles. The van der Waals surface area contributed by atoms with Crippen LogP contribution >= 0.6 is 0 Å². The molecule has 4 nitrogen and oxygen atoms in total. The highest BCUT2D eigenvalue weighted by Gasteiger charge is 2.80. The van der Waals surface area contributed by atoms with Gasteiger partial charge in [-0.05, 0) is 36.0 Å². The van der Waals surface area contributed by atoms with E-state index in [1.54, 1.807) is 7.11 Å². The fraction of sp³-hybridized carbons (Fsp3) is 0.571. The number of ether oxygens (including phenoxy) is 2. The lowest BCUT2D eigenvalue weighted by atomic mass is 9.52. The molecule has 5 rings (SSSR count). The molecule has 25 heavy (non-hydrogen) atoms. The van der Waals surface area contributed by atoms with E-state index in [0.717, 1.165) is 30.6 Å². The predicted octanol–water partition coefficient (Wildman–Crippen LogP) is 3.19. The number of benzene rings is 1. The summed E-state index contributed by atoms with van der Waals surface area (Å²) in [5.41, 5.74) is 0.531. The molecule has 3 fully saturated rings. The third kappa shape index (κ3) is 1.48. The van der Waals surface area contributed by atoms with Gasteiger partial charge in [0.1, 0.15) is 5.75 Å². The molecule has 0 spiro atoms. The van der Waals surface area contributed by atoms with Gasteiger partial charge in [0.15, 0.2) is 0 Å². The first-order chi connectivity index (χ1) is 12.0. The van der Waals surface area contributed by atoms with E-state index in [4.69, 9.17) is 9.47 Å². The lowest BCUT2D eigenvalue weighted by Gasteiger charge is -2.51. The Morgan fingerprint density at radius 2 is 1.88 bits per heavy atom. The summed E-state index contributed by atoms with van der Waals surface area (Å²) in [6.45, 7) is 2.33. The highest BCUT2D eigenvalue weighted by atomic mass is 16.6. The number of cyclic esters (lactones) is 1. The van der Waals surface area contributed by atoms with Crippen LogP contribution < -0.4 is 4.74 Å². The normalized spacial score (nSPS) is 46.7. The smallest absolute Gasteiger partial charge is 0.312 e. The quantitative estimate of drug-likeness (QED) is 0.663. The molecule has 4 aliphatic rings. The monoisotopic (exact) mass is 340 g/mol. The molecule has 6 atom stereocenters. The number of hydrogen-bond donors (Lipinski definition) is 1. The summed E-state index contributed by atoms with van der Waals surface area (Å²) in [4.78, 5) is 12.7. The largest absolute Gasteiger partial charge is 0.497 e. The van der Waals surface area contributed by atoms with Gasteiger partial charge in [-0.25, -0.2) is 0 Å². The van der Waals surface area contributed by atoms with E-state index in [1.165, 1.54) is 6.42 Å². The molecule has 1 heterocycles. The molecule has 0 amide bonds. The minimum atomic E-state index is -1.02. The van der Waals surface area contributed by atoms with Crippen LogP contribution in [0.2, 0.25) is 0 Å². The van der Waals surface area contributed by atoms with Crippen molar-refractivity contribution in [2.75, 3.05) is 7.11 Å². The van der Waals surface area contributed by atoms with Gasteiger partial charge in [0.25, 0.3) is 0 Å². The second-order valence-corrected chi connectivity index (χ2v) is 8.34. The number of methoxy groups -OCH3 is 1. The molecule has 0 radical (unpaired) electrons. The van der Waals surface area contributed by atoms with E-state index in [0.29, 0.717) is 0 Å². The van der Waals surface area contributed by atoms with Gasteiger partial charge >= 0.3 is 5.97 Å². The van der Waals surface area contributed by atoms with Gasteiger partial charge in [0, 0.05) is 16.7 Å². The Labute approximate surface area is 147 Å². The average molecular weight is 340 g/mol. The lowest BCUT2D eigenvalue weighted by Crippen LogP contribution is -2.48. The number of rotatable bonds is 2. The molecule has 2 bridgehead atoms. The van der Waals surface area contributed by atoms with Crippen molar-refractivity contribution < 1.29 is 19.4 Å². The molecule has 2 saturated carbocycles. The summed E-state index contributed by atoms with van der Waals surface area (Å²) in [7, 11) is 1.66. The first kappa shape index (κ1) is 15.4. The number of aliphatic hydroxyl groups is 1. The van der Waals surface area contributed by atoms with Crippen molar-refractivity contribution in [3.8, 4) is 5.75 Å². The number of esters is 1. The molecule has 1 N–H and O–H groups in total. The van der Waals surface area contributed by atoms with Gasteiger partial charge in [-0.3, -0.25) is 4.79 Å². The number of fused-ring (bicyclic) bond motifs is 2. The third-order valence-electron chi connectivity index (χ3n) is 7.91. The fourth-order valence-electron chi connectivity index (χ4n) is 6.88. The molecule has 0 unspecified atom stereocenters. The van der Waals surface area contributed by atoms with Crippen molar-refractivity contribution in [2.45, 2.75) is 44.3 Å². The van der Waals surface area contributed by atoms with Gasteiger partial charge in [-0.1, -0.05) is 44.1 Å². The van der Waals surface area contributed by atoms with Gasteiger partial charge in [-0.2, -0.15) is 0 Å². The van der Waals surface area contributed by atoms with E-state index < -0.39 is 6.29 Å². The second kappa shape index (κ2) is 4.67. The highest BCUT2D eigenvalue weighted by Crippen LogP contribution is 2.79. The summed E-state index contributed by atoms with van der Waals surface area (Å²) < 4.78 is 10.7. The van der Waals surface area contributed by atoms with Gasteiger partial charge in [-0.15, -0.1) is 0 Å². The average Bonchev–Trinajstić information content (AvgIpc) is 3.15. The van der Waals surface area contributed by atoms with E-state index in [2.05, 4.69) is 31.2 Å². The van der Waals surface area contributed by atoms with Crippen molar-refractivity contribution in [2.24, 2.45) is 22.7 Å². The highest BCUT2D eigenvalue weighted by molar-refractivity contribution is 5.80. The first-order valence-corrected chi connectivity index (χ1v) is 9.24. The number of carbonyl (C=O) groups excluding carboxylic acids is 1. The molecular formula is C21H24O4. The Kier molecular flexibility index (Phi) is 2.89. The van der Waals surface area contributed by atoms with E-state index in [9.17, 15) is 9.90 Å². The number of hydrogen-bond acceptors (Lipinski definition) is 4. The topological polar surface area (TPSA) is 55.8 Å². The summed E-state index contributed by atoms with van der Waals surface area (Å²) >= 11 is 0. The number of carbonyl (C=O) groups is 1. The minimum absolute atomic E-state index is 0.0669. The zero-order valence-electron chi connectivity index (χ0n) is 14.7. The van der Waals surface area contributed by atoms with Crippen LogP contribution in [-0.4, -0.2) is 24.5 Å². The van der Waals surface area contributed by atoms with Crippen LogP contribution in [-0.2, 0) is 14.9 Å². The van der Waals surface area contributed by atoms with Crippen LogP contribution in [0.1, 0.15) is 38.2 Å². The summed E-state index contributed by atoms with van der Waals surface area (Å²) in [5, 5.41) is 10.7. The zero-order valence-corrected chi connectivity index (χ0v) is 14.7. The van der Waals surface area contributed by atoms with Crippen molar-refractivity contribution in [1.29, 1.82) is 0 Å². The van der Waals surface area contributed by atoms with Crippen LogP contribution in [0.5, 0.6) is 5.75 Å². The lowest BCUT2D eigenvalue weighted by molar-refractivity contribution is -0.164. The van der Waals surface area contributed by atoms with Crippen molar-refractivity contribution in [3.05, 3.63) is 42.0 Å². The maximum absolute atomic E-state index is 12.7. The van der Waals surface area contributed by atoms with Gasteiger partial charge in [0.2, 0.25) is 6.29 Å². The van der Waals surface area contributed by atoms with Crippen LogP contribution in [0, 0.1) is 22.7 Å². The van der Waals surface area contributed by atoms with Crippen LogP contribution in [0.3, 0.4) is 0 Å². The Morgan fingerprint density at radius 1 is 1.16 bits per heavy atom. The van der Waals surface area contributed by atoms with Gasteiger partial charge in [0.05, 0.1) is 13.0 Å². The maximum atomic E-state index is 12.7. The fourth-order valence-corrected chi connectivity index (χ4v) is 6.88. The SMILES string of the molecule is COc1ccc([C@]23C=C[C@@]4(CCCC[C@]24C)[C@H]2C(=O)O[C@H](O)[C@H]23)cc1. The van der Waals surface area contributed by atoms with Crippen LogP contribution in [0.15, 0.2) is 36.4 Å². The molecule has 132 valence electrons. The molecule has 0 aromatic heterocycles. The van der Waals surface area contributed by atoms with Crippen LogP contribution in [0.4, 0.5) is 0 Å². The van der Waals surface area contributed by atoms with Crippen molar-refractivity contribution in [1.82, 2.24) is 0 Å². The Morgan fingerprint density at radius 3 is 2.60 bits per heavy atom. The Bertz CT molecular complexity index is 769. The molecular weight excluding hydrogens is 316 g/mol. The summed E-state index contributed by atoms with van der Waals surface area (Å²) in [5.74, 6) is 0.155. The Balaban J connectivity index is 1.76. The zero-order chi connectivity index (χ0) is 17.4. The summed E-state index contributed by atoms with van der Waals surface area (Å²) in [6.07, 6.45) is 7.92. The van der Waals surface area contributed by atoms with E-state index in [1.807, 2.05) is 12.1 Å². The van der Waals surface area contributed by atoms with Crippen molar-refractivity contribution in [3.63, 3.8) is 0 Å². The Hall–Kier alpha value is -1.81. The molecule has 3 aliphatic carbocycles. The van der Waals surface area contributed by atoms with Gasteiger partial charge < -0.3 is 14.6 Å².